The standard InChI is InChI=1S/C20H16Cl2O3S2/c21-17-10-6-15(7-11-17)20(16-8-12-18(22)13-9-16)26(23)14-27(24,25)19-4-2-1-3-5-19/h1-13,20H,14H2. The first-order chi connectivity index (χ1) is 12.9. The molecule has 0 aliphatic heterocycles. The fourth-order valence-corrected chi connectivity index (χ4v) is 6.75. The molecule has 0 heterocycles. The summed E-state index contributed by atoms with van der Waals surface area (Å²) in [4.78, 5) is 0.157. The molecule has 3 rings (SSSR count). The lowest BCUT2D eigenvalue weighted by molar-refractivity contribution is 0.599. The minimum atomic E-state index is -3.69. The third-order valence-corrected chi connectivity index (χ3v) is 8.72. The maximum atomic E-state index is 13.2. The van der Waals surface area contributed by atoms with Crippen molar-refractivity contribution in [3.63, 3.8) is 0 Å². The van der Waals surface area contributed by atoms with Crippen molar-refractivity contribution in [1.29, 1.82) is 0 Å². The molecule has 3 aromatic carbocycles. The quantitative estimate of drug-likeness (QED) is 0.526. The van der Waals surface area contributed by atoms with Crippen molar-refractivity contribution in [3.8, 4) is 0 Å². The van der Waals surface area contributed by atoms with Crippen LogP contribution in [0.25, 0.3) is 0 Å². The van der Waals surface area contributed by atoms with E-state index in [-0.39, 0.29) is 4.90 Å². The first-order valence-corrected chi connectivity index (χ1v) is 11.8. The summed E-state index contributed by atoms with van der Waals surface area (Å²) in [7, 11) is -5.41. The number of halogens is 2. The molecule has 27 heavy (non-hydrogen) atoms. The second-order valence-corrected chi connectivity index (χ2v) is 10.7. The van der Waals surface area contributed by atoms with E-state index in [2.05, 4.69) is 0 Å². The summed E-state index contributed by atoms with van der Waals surface area (Å²) in [6, 6.07) is 21.9. The summed E-state index contributed by atoms with van der Waals surface area (Å²) in [6.07, 6.45) is 0. The highest BCUT2D eigenvalue weighted by Gasteiger charge is 2.27. The Kier molecular flexibility index (Phi) is 6.37. The lowest BCUT2D eigenvalue weighted by atomic mass is 10.0. The van der Waals surface area contributed by atoms with Gasteiger partial charge < -0.3 is 0 Å². The minimum Gasteiger partial charge on any atom is -0.258 e. The van der Waals surface area contributed by atoms with Crippen LogP contribution in [0.3, 0.4) is 0 Å². The van der Waals surface area contributed by atoms with Crippen LogP contribution in [0.4, 0.5) is 0 Å². The van der Waals surface area contributed by atoms with E-state index >= 15 is 0 Å². The molecule has 140 valence electrons. The van der Waals surface area contributed by atoms with Crippen LogP contribution in [0, 0.1) is 0 Å². The zero-order valence-electron chi connectivity index (χ0n) is 14.1. The first-order valence-electron chi connectivity index (χ1n) is 8.03. The van der Waals surface area contributed by atoms with Gasteiger partial charge in [-0.1, -0.05) is 65.7 Å². The number of sulfone groups is 1. The SMILES string of the molecule is O=S(CS(=O)(=O)c1ccccc1)C(c1ccc(Cl)cc1)c1ccc(Cl)cc1. The van der Waals surface area contributed by atoms with E-state index in [0.717, 1.165) is 11.1 Å². The first kappa shape index (κ1) is 20.1. The molecule has 7 heteroatoms. The number of hydrogen-bond acceptors (Lipinski definition) is 3. The third kappa shape index (κ3) is 4.99. The highest BCUT2D eigenvalue weighted by molar-refractivity contribution is 8.05. The van der Waals surface area contributed by atoms with E-state index < -0.39 is 31.0 Å². The zero-order chi connectivity index (χ0) is 19.4. The van der Waals surface area contributed by atoms with Crippen molar-refractivity contribution in [1.82, 2.24) is 0 Å². The van der Waals surface area contributed by atoms with Gasteiger partial charge in [-0.05, 0) is 47.5 Å². The van der Waals surface area contributed by atoms with Gasteiger partial charge in [-0.2, -0.15) is 0 Å². The predicted octanol–water partition coefficient (Wildman–Crippen LogP) is 5.26. The monoisotopic (exact) mass is 438 g/mol. The summed E-state index contributed by atoms with van der Waals surface area (Å²) in [5.74, 6) is 0. The molecule has 0 fully saturated rings. The van der Waals surface area contributed by atoms with Crippen molar-refractivity contribution < 1.29 is 12.6 Å². The van der Waals surface area contributed by atoms with Crippen LogP contribution in [0.2, 0.25) is 10.0 Å². The Bertz CT molecular complexity index is 987. The summed E-state index contributed by atoms with van der Waals surface area (Å²) < 4.78 is 38.5. The van der Waals surface area contributed by atoms with Crippen LogP contribution in [0.5, 0.6) is 0 Å². The summed E-state index contributed by atoms with van der Waals surface area (Å²) in [6.45, 7) is 0. The molecule has 1 unspecified atom stereocenters. The Balaban J connectivity index is 1.98. The lowest BCUT2D eigenvalue weighted by Gasteiger charge is -2.18. The molecule has 0 aliphatic rings. The molecule has 0 saturated carbocycles. The van der Waals surface area contributed by atoms with Gasteiger partial charge in [0, 0.05) is 20.8 Å². The van der Waals surface area contributed by atoms with Gasteiger partial charge in [-0.25, -0.2) is 8.42 Å². The van der Waals surface area contributed by atoms with Crippen molar-refractivity contribution >= 4 is 43.8 Å². The molecular formula is C20H16Cl2O3S2. The summed E-state index contributed by atoms with van der Waals surface area (Å²) >= 11 is 11.9. The molecule has 0 aliphatic carbocycles. The van der Waals surface area contributed by atoms with E-state index in [1.807, 2.05) is 0 Å². The van der Waals surface area contributed by atoms with Crippen LogP contribution >= 0.6 is 23.2 Å². The highest BCUT2D eigenvalue weighted by atomic mass is 35.5. The Morgan fingerprint density at radius 2 is 1.19 bits per heavy atom. The number of benzene rings is 3. The maximum Gasteiger partial charge on any atom is 0.190 e. The van der Waals surface area contributed by atoms with Gasteiger partial charge in [0.1, 0.15) is 5.08 Å². The average Bonchev–Trinajstić information content (AvgIpc) is 2.65. The zero-order valence-corrected chi connectivity index (χ0v) is 17.2. The fourth-order valence-electron chi connectivity index (χ4n) is 2.69. The predicted molar refractivity (Wildman–Crippen MR) is 111 cm³/mol. The van der Waals surface area contributed by atoms with Gasteiger partial charge in [-0.15, -0.1) is 0 Å². The fraction of sp³-hybridized carbons (Fsp3) is 0.100. The third-order valence-electron chi connectivity index (χ3n) is 3.98. The molecule has 0 radical (unpaired) electrons. The minimum absolute atomic E-state index is 0.157. The molecule has 0 aromatic heterocycles. The van der Waals surface area contributed by atoms with Crippen LogP contribution in [-0.4, -0.2) is 17.7 Å². The van der Waals surface area contributed by atoms with E-state index in [9.17, 15) is 12.6 Å². The normalized spacial score (nSPS) is 12.9. The van der Waals surface area contributed by atoms with Crippen molar-refractivity contribution in [2.24, 2.45) is 0 Å². The number of rotatable bonds is 6. The lowest BCUT2D eigenvalue weighted by Crippen LogP contribution is -2.18. The van der Waals surface area contributed by atoms with Gasteiger partial charge in [0.05, 0.1) is 10.1 Å². The second kappa shape index (κ2) is 8.57. The highest BCUT2D eigenvalue weighted by Crippen LogP contribution is 2.31. The van der Waals surface area contributed by atoms with Gasteiger partial charge in [-0.3, -0.25) is 4.21 Å². The molecule has 3 aromatic rings. The maximum absolute atomic E-state index is 13.2. The van der Waals surface area contributed by atoms with Crippen molar-refractivity contribution in [2.45, 2.75) is 10.1 Å². The van der Waals surface area contributed by atoms with Gasteiger partial charge in [0.15, 0.2) is 9.84 Å². The van der Waals surface area contributed by atoms with Crippen LogP contribution < -0.4 is 0 Å². The van der Waals surface area contributed by atoms with Crippen LogP contribution in [0.1, 0.15) is 16.4 Å². The molecule has 3 nitrogen and oxygen atoms in total. The molecular weight excluding hydrogens is 423 g/mol. The smallest absolute Gasteiger partial charge is 0.190 e. The van der Waals surface area contributed by atoms with Crippen LogP contribution in [-0.2, 0) is 20.6 Å². The summed E-state index contributed by atoms with van der Waals surface area (Å²) in [5, 5.41) is 0.0121. The topological polar surface area (TPSA) is 51.2 Å². The Labute approximate surface area is 171 Å². The van der Waals surface area contributed by atoms with Gasteiger partial charge in [0.25, 0.3) is 0 Å². The summed E-state index contributed by atoms with van der Waals surface area (Å²) in [5.41, 5.74) is 1.45. The molecule has 0 saturated heterocycles. The molecule has 0 bridgehead atoms. The van der Waals surface area contributed by atoms with Gasteiger partial charge >= 0.3 is 0 Å². The van der Waals surface area contributed by atoms with Crippen molar-refractivity contribution in [2.75, 3.05) is 5.08 Å². The molecule has 1 atom stereocenters. The van der Waals surface area contributed by atoms with Crippen LogP contribution in [0.15, 0.2) is 83.8 Å². The van der Waals surface area contributed by atoms with Gasteiger partial charge in [0.2, 0.25) is 0 Å². The second-order valence-electron chi connectivity index (χ2n) is 5.91. The van der Waals surface area contributed by atoms with E-state index in [4.69, 9.17) is 23.2 Å². The Morgan fingerprint density at radius 1 is 0.741 bits per heavy atom. The van der Waals surface area contributed by atoms with E-state index in [0.29, 0.717) is 10.0 Å². The molecule has 0 N–H and O–H groups in total. The Hall–Kier alpha value is -1.66. The number of hydrogen-bond donors (Lipinski definition) is 0. The molecule has 0 amide bonds. The van der Waals surface area contributed by atoms with E-state index in [1.54, 1.807) is 66.7 Å². The van der Waals surface area contributed by atoms with E-state index in [1.165, 1.54) is 12.1 Å². The molecule has 0 spiro atoms. The largest absolute Gasteiger partial charge is 0.258 e. The average molecular weight is 439 g/mol. The Morgan fingerprint density at radius 3 is 1.63 bits per heavy atom. The van der Waals surface area contributed by atoms with Crippen molar-refractivity contribution in [3.05, 3.63) is 100 Å².